The van der Waals surface area contributed by atoms with E-state index in [4.69, 9.17) is 4.74 Å². The SMILES string of the molecule is O=[N+]([O-])c1cc(COc2cccnc2[N+](=O)[O-])ccc1Br. The Morgan fingerprint density at radius 2 is 1.95 bits per heavy atom. The van der Waals surface area contributed by atoms with Gasteiger partial charge in [0.2, 0.25) is 5.75 Å². The second kappa shape index (κ2) is 6.27. The lowest BCUT2D eigenvalue weighted by molar-refractivity contribution is -0.390. The molecule has 0 atom stereocenters. The quantitative estimate of drug-likeness (QED) is 0.602. The summed E-state index contributed by atoms with van der Waals surface area (Å²) in [6.45, 7) is -0.0410. The van der Waals surface area contributed by atoms with Gasteiger partial charge in [0, 0.05) is 6.07 Å². The maximum absolute atomic E-state index is 10.8. The molecule has 0 amide bonds. The lowest BCUT2D eigenvalue weighted by atomic mass is 10.2. The molecular formula is C12H8BrN3O5. The van der Waals surface area contributed by atoms with E-state index in [-0.39, 0.29) is 18.0 Å². The van der Waals surface area contributed by atoms with Crippen molar-refractivity contribution in [2.45, 2.75) is 6.61 Å². The summed E-state index contributed by atoms with van der Waals surface area (Å²) in [6, 6.07) is 7.41. The molecule has 0 N–H and O–H groups in total. The van der Waals surface area contributed by atoms with Crippen molar-refractivity contribution in [1.29, 1.82) is 0 Å². The zero-order valence-electron chi connectivity index (χ0n) is 10.4. The lowest BCUT2D eigenvalue weighted by Gasteiger charge is -2.06. The van der Waals surface area contributed by atoms with E-state index in [0.717, 1.165) is 0 Å². The van der Waals surface area contributed by atoms with E-state index in [9.17, 15) is 20.2 Å². The summed E-state index contributed by atoms with van der Waals surface area (Å²) in [6.07, 6.45) is 1.29. The summed E-state index contributed by atoms with van der Waals surface area (Å²) in [5.41, 5.74) is 0.417. The predicted molar refractivity (Wildman–Crippen MR) is 76.0 cm³/mol. The van der Waals surface area contributed by atoms with Crippen LogP contribution in [0.1, 0.15) is 5.56 Å². The van der Waals surface area contributed by atoms with Crippen LogP contribution in [-0.2, 0) is 6.61 Å². The van der Waals surface area contributed by atoms with Gasteiger partial charge in [-0.1, -0.05) is 6.07 Å². The molecule has 0 radical (unpaired) electrons. The number of benzene rings is 1. The highest BCUT2D eigenvalue weighted by molar-refractivity contribution is 9.10. The number of nitrogens with zero attached hydrogens (tertiary/aromatic N) is 3. The molecule has 0 saturated carbocycles. The van der Waals surface area contributed by atoms with E-state index in [1.54, 1.807) is 6.07 Å². The smallest absolute Gasteiger partial charge is 0.406 e. The number of nitro groups is 2. The van der Waals surface area contributed by atoms with Gasteiger partial charge in [-0.2, -0.15) is 0 Å². The van der Waals surface area contributed by atoms with Crippen LogP contribution in [-0.4, -0.2) is 14.8 Å². The van der Waals surface area contributed by atoms with Crippen molar-refractivity contribution in [3.8, 4) is 5.75 Å². The molecule has 108 valence electrons. The van der Waals surface area contributed by atoms with Gasteiger partial charge in [0.25, 0.3) is 5.69 Å². The first-order chi connectivity index (χ1) is 9.99. The van der Waals surface area contributed by atoms with Gasteiger partial charge in [-0.3, -0.25) is 10.1 Å². The van der Waals surface area contributed by atoms with E-state index >= 15 is 0 Å². The monoisotopic (exact) mass is 353 g/mol. The van der Waals surface area contributed by atoms with Gasteiger partial charge in [0.05, 0.1) is 9.40 Å². The minimum absolute atomic E-state index is 0.00747. The number of rotatable bonds is 5. The largest absolute Gasteiger partial charge is 0.481 e. The first kappa shape index (κ1) is 14.9. The maximum atomic E-state index is 10.8. The van der Waals surface area contributed by atoms with Gasteiger partial charge in [-0.25, -0.2) is 0 Å². The molecule has 2 rings (SSSR count). The molecule has 1 aromatic carbocycles. The van der Waals surface area contributed by atoms with Crippen molar-refractivity contribution in [2.24, 2.45) is 0 Å². The Balaban J connectivity index is 2.19. The Morgan fingerprint density at radius 1 is 1.19 bits per heavy atom. The van der Waals surface area contributed by atoms with Crippen LogP contribution in [0.3, 0.4) is 0 Å². The zero-order chi connectivity index (χ0) is 15.4. The second-order valence-electron chi connectivity index (χ2n) is 3.91. The van der Waals surface area contributed by atoms with Crippen LogP contribution in [0, 0.1) is 20.2 Å². The molecule has 0 unspecified atom stereocenters. The second-order valence-corrected chi connectivity index (χ2v) is 4.77. The van der Waals surface area contributed by atoms with Crippen molar-refractivity contribution in [3.63, 3.8) is 0 Å². The van der Waals surface area contributed by atoms with Crippen LogP contribution in [0.15, 0.2) is 41.0 Å². The minimum Gasteiger partial charge on any atom is -0.481 e. The molecule has 0 aliphatic rings. The van der Waals surface area contributed by atoms with Gasteiger partial charge in [0.1, 0.15) is 12.8 Å². The summed E-state index contributed by atoms with van der Waals surface area (Å²) in [5, 5.41) is 21.6. The number of hydrogen-bond acceptors (Lipinski definition) is 6. The molecule has 0 aliphatic heterocycles. The number of pyridine rings is 1. The molecule has 0 fully saturated rings. The fraction of sp³-hybridized carbons (Fsp3) is 0.0833. The molecule has 8 nitrogen and oxygen atoms in total. The summed E-state index contributed by atoms with van der Waals surface area (Å²) < 4.78 is 5.67. The van der Waals surface area contributed by atoms with Gasteiger partial charge in [0.15, 0.2) is 0 Å². The van der Waals surface area contributed by atoms with Crippen LogP contribution in [0.2, 0.25) is 0 Å². The van der Waals surface area contributed by atoms with Crippen LogP contribution in [0.4, 0.5) is 11.5 Å². The number of aromatic nitrogens is 1. The third-order valence-corrected chi connectivity index (χ3v) is 3.20. The summed E-state index contributed by atoms with van der Waals surface area (Å²) in [4.78, 5) is 24.0. The van der Waals surface area contributed by atoms with Gasteiger partial charge >= 0.3 is 5.82 Å². The molecule has 2 aromatic rings. The van der Waals surface area contributed by atoms with Crippen LogP contribution in [0.5, 0.6) is 5.75 Å². The lowest BCUT2D eigenvalue weighted by Crippen LogP contribution is -2.01. The van der Waals surface area contributed by atoms with Crippen molar-refractivity contribution in [2.75, 3.05) is 0 Å². The van der Waals surface area contributed by atoms with Gasteiger partial charge in [-0.05, 0) is 49.6 Å². The molecule has 9 heteroatoms. The van der Waals surface area contributed by atoms with E-state index in [1.165, 1.54) is 30.5 Å². The molecular weight excluding hydrogens is 346 g/mol. The highest BCUT2D eigenvalue weighted by Crippen LogP contribution is 2.27. The first-order valence-corrected chi connectivity index (χ1v) is 6.43. The molecule has 1 heterocycles. The van der Waals surface area contributed by atoms with Crippen LogP contribution < -0.4 is 4.74 Å². The van der Waals surface area contributed by atoms with E-state index in [1.807, 2.05) is 0 Å². The summed E-state index contributed by atoms with van der Waals surface area (Å²) in [7, 11) is 0. The number of hydrogen-bond donors (Lipinski definition) is 0. The molecule has 0 aliphatic carbocycles. The Labute approximate surface area is 126 Å². The summed E-state index contributed by atoms with van der Waals surface area (Å²) in [5.74, 6) is -0.391. The van der Waals surface area contributed by atoms with Crippen molar-refractivity contribution < 1.29 is 14.6 Å². The molecule has 21 heavy (non-hydrogen) atoms. The minimum atomic E-state index is -0.653. The Kier molecular flexibility index (Phi) is 4.43. The van der Waals surface area contributed by atoms with E-state index in [0.29, 0.717) is 10.0 Å². The molecule has 1 aromatic heterocycles. The third-order valence-electron chi connectivity index (χ3n) is 2.53. The number of ether oxygens (including phenoxy) is 1. The van der Waals surface area contributed by atoms with Crippen molar-refractivity contribution >= 4 is 27.4 Å². The topological polar surface area (TPSA) is 108 Å². The van der Waals surface area contributed by atoms with E-state index < -0.39 is 15.7 Å². The standard InChI is InChI=1S/C12H8BrN3O5/c13-9-4-3-8(6-10(9)15(17)18)7-21-11-2-1-5-14-12(11)16(19)20/h1-6H,7H2. The predicted octanol–water partition coefficient (Wildman–Crippen LogP) is 3.24. The van der Waals surface area contributed by atoms with Gasteiger partial charge < -0.3 is 14.9 Å². The average Bonchev–Trinajstić information content (AvgIpc) is 2.46. The average molecular weight is 354 g/mol. The molecule has 0 saturated heterocycles. The van der Waals surface area contributed by atoms with E-state index in [2.05, 4.69) is 20.9 Å². The normalized spacial score (nSPS) is 10.1. The van der Waals surface area contributed by atoms with Gasteiger partial charge in [-0.15, -0.1) is 0 Å². The Morgan fingerprint density at radius 3 is 2.62 bits per heavy atom. The molecule has 0 spiro atoms. The highest BCUT2D eigenvalue weighted by atomic mass is 79.9. The zero-order valence-corrected chi connectivity index (χ0v) is 12.0. The highest BCUT2D eigenvalue weighted by Gasteiger charge is 2.17. The first-order valence-electron chi connectivity index (χ1n) is 5.64. The Hall–Kier alpha value is -2.55. The Bertz CT molecular complexity index is 707. The van der Waals surface area contributed by atoms with Crippen molar-refractivity contribution in [3.05, 3.63) is 66.8 Å². The number of nitro benzene ring substituents is 1. The number of halogens is 1. The molecule has 0 bridgehead atoms. The third kappa shape index (κ3) is 3.51. The van der Waals surface area contributed by atoms with Crippen LogP contribution >= 0.6 is 15.9 Å². The fourth-order valence-corrected chi connectivity index (χ4v) is 1.97. The van der Waals surface area contributed by atoms with Crippen LogP contribution in [0.25, 0.3) is 0 Å². The fourth-order valence-electron chi connectivity index (χ4n) is 1.58. The maximum Gasteiger partial charge on any atom is 0.406 e. The summed E-state index contributed by atoms with van der Waals surface area (Å²) >= 11 is 3.08. The van der Waals surface area contributed by atoms with Crippen molar-refractivity contribution in [1.82, 2.24) is 4.98 Å².